The van der Waals surface area contributed by atoms with E-state index in [1.54, 1.807) is 24.3 Å². The van der Waals surface area contributed by atoms with E-state index < -0.39 is 0 Å². The zero-order valence-electron chi connectivity index (χ0n) is 19.9. The summed E-state index contributed by atoms with van der Waals surface area (Å²) in [6, 6.07) is 14.7. The van der Waals surface area contributed by atoms with Gasteiger partial charge in [0.15, 0.2) is 5.13 Å². The van der Waals surface area contributed by atoms with Gasteiger partial charge >= 0.3 is 0 Å². The quantitative estimate of drug-likeness (QED) is 0.340. The minimum Gasteiger partial charge on any atom is -0.489 e. The first-order valence-corrected chi connectivity index (χ1v) is 12.0. The van der Waals surface area contributed by atoms with Gasteiger partial charge in [-0.1, -0.05) is 35.5 Å². The number of hydrogen-bond donors (Lipinski definition) is 2. The van der Waals surface area contributed by atoms with Gasteiger partial charge in [-0.15, -0.1) is 11.3 Å². The van der Waals surface area contributed by atoms with Gasteiger partial charge in [0, 0.05) is 23.4 Å². The minimum atomic E-state index is -0.270. The molecule has 0 saturated carbocycles. The number of amides is 2. The van der Waals surface area contributed by atoms with Crippen molar-refractivity contribution in [3.63, 3.8) is 0 Å². The topological polar surface area (TPSA) is 106 Å². The number of carbonyl (C=O) groups is 2. The highest BCUT2D eigenvalue weighted by molar-refractivity contribution is 7.14. The van der Waals surface area contributed by atoms with Crippen molar-refractivity contribution >= 4 is 28.3 Å². The fourth-order valence-corrected chi connectivity index (χ4v) is 4.27. The van der Waals surface area contributed by atoms with Crippen LogP contribution in [0.4, 0.5) is 5.13 Å². The zero-order chi connectivity index (χ0) is 24.9. The predicted molar refractivity (Wildman–Crippen MR) is 134 cm³/mol. The number of hydrogen-bond acceptors (Lipinski definition) is 7. The van der Waals surface area contributed by atoms with Crippen LogP contribution < -0.4 is 15.4 Å². The van der Waals surface area contributed by atoms with E-state index in [9.17, 15) is 9.59 Å². The molecule has 1 unspecified atom stereocenters. The maximum absolute atomic E-state index is 12.8. The number of thiazole rings is 1. The van der Waals surface area contributed by atoms with Crippen LogP contribution in [0.15, 0.2) is 58.4 Å². The van der Waals surface area contributed by atoms with Gasteiger partial charge in [0.1, 0.15) is 18.1 Å². The molecule has 180 valence electrons. The first kappa shape index (κ1) is 24.2. The molecule has 0 bridgehead atoms. The highest BCUT2D eigenvalue weighted by Gasteiger charge is 2.13. The number of aryl methyl sites for hydroxylation is 2. The molecule has 2 heterocycles. The van der Waals surface area contributed by atoms with Gasteiger partial charge in [0.25, 0.3) is 5.91 Å². The van der Waals surface area contributed by atoms with E-state index in [1.165, 1.54) is 18.3 Å². The van der Waals surface area contributed by atoms with Gasteiger partial charge in [0.05, 0.1) is 23.0 Å². The minimum absolute atomic E-state index is 0.0704. The highest BCUT2D eigenvalue weighted by atomic mass is 32.1. The molecule has 0 radical (unpaired) electrons. The molecule has 2 amide bonds. The van der Waals surface area contributed by atoms with Crippen LogP contribution >= 0.6 is 11.3 Å². The van der Waals surface area contributed by atoms with Crippen molar-refractivity contribution in [2.45, 2.75) is 40.3 Å². The largest absolute Gasteiger partial charge is 0.489 e. The molecule has 4 rings (SSSR count). The molecule has 0 saturated heterocycles. The van der Waals surface area contributed by atoms with Crippen LogP contribution in [0.3, 0.4) is 0 Å². The van der Waals surface area contributed by atoms with Crippen LogP contribution in [0.25, 0.3) is 11.3 Å². The van der Waals surface area contributed by atoms with E-state index in [0.29, 0.717) is 28.8 Å². The molecule has 35 heavy (non-hydrogen) atoms. The lowest BCUT2D eigenvalue weighted by atomic mass is 10.1. The van der Waals surface area contributed by atoms with Crippen molar-refractivity contribution in [3.05, 3.63) is 82.1 Å². The second kappa shape index (κ2) is 10.5. The van der Waals surface area contributed by atoms with Crippen LogP contribution in [0.5, 0.6) is 5.75 Å². The van der Waals surface area contributed by atoms with E-state index >= 15 is 0 Å². The molecular weight excluding hydrogens is 464 g/mol. The van der Waals surface area contributed by atoms with Gasteiger partial charge < -0.3 is 14.6 Å². The molecule has 0 spiro atoms. The third kappa shape index (κ3) is 5.93. The van der Waals surface area contributed by atoms with Gasteiger partial charge in [-0.2, -0.15) is 0 Å². The molecule has 9 heteroatoms. The molecule has 0 aliphatic heterocycles. The summed E-state index contributed by atoms with van der Waals surface area (Å²) >= 11 is 1.35. The fraction of sp³-hybridized carbons (Fsp3) is 0.231. The van der Waals surface area contributed by atoms with Crippen LogP contribution in [0.2, 0.25) is 0 Å². The van der Waals surface area contributed by atoms with Crippen molar-refractivity contribution < 1.29 is 18.8 Å². The molecule has 0 fully saturated rings. The molecule has 1 atom stereocenters. The van der Waals surface area contributed by atoms with E-state index in [4.69, 9.17) is 9.26 Å². The van der Waals surface area contributed by atoms with Crippen LogP contribution in [0, 0.1) is 13.8 Å². The molecular formula is C26H26N4O4S. The molecule has 2 N–H and O–H groups in total. The van der Waals surface area contributed by atoms with Crippen LogP contribution in [-0.4, -0.2) is 22.0 Å². The van der Waals surface area contributed by atoms with Gasteiger partial charge in [0.2, 0.25) is 5.91 Å². The monoisotopic (exact) mass is 490 g/mol. The van der Waals surface area contributed by atoms with E-state index in [2.05, 4.69) is 20.8 Å². The number of carbonyl (C=O) groups excluding carboxylic acids is 2. The number of nitrogens with zero attached hydrogens (tertiary/aromatic N) is 2. The van der Waals surface area contributed by atoms with E-state index in [1.807, 2.05) is 50.4 Å². The Balaban J connectivity index is 1.39. The zero-order valence-corrected chi connectivity index (χ0v) is 20.7. The summed E-state index contributed by atoms with van der Waals surface area (Å²) in [7, 11) is 0. The molecule has 4 aromatic rings. The molecule has 8 nitrogen and oxygen atoms in total. The average Bonchev–Trinajstić information content (AvgIpc) is 3.43. The highest BCUT2D eigenvalue weighted by Crippen LogP contribution is 2.27. The SMILES string of the molecule is CC(=O)NC(C)c1ccc(-c2csc(NC(=O)c3cccc(OCc4c(C)noc4C)c3)n2)cc1. The third-order valence-corrected chi connectivity index (χ3v) is 6.27. The van der Waals surface area contributed by atoms with Crippen molar-refractivity contribution in [3.8, 4) is 17.0 Å². The van der Waals surface area contributed by atoms with Gasteiger partial charge in [-0.25, -0.2) is 4.98 Å². The number of rotatable bonds is 8. The summed E-state index contributed by atoms with van der Waals surface area (Å²) in [6.07, 6.45) is 0. The first-order valence-electron chi connectivity index (χ1n) is 11.1. The van der Waals surface area contributed by atoms with E-state index in [0.717, 1.165) is 28.1 Å². The average molecular weight is 491 g/mol. The van der Waals surface area contributed by atoms with Crippen molar-refractivity contribution in [2.24, 2.45) is 0 Å². The lowest BCUT2D eigenvalue weighted by Crippen LogP contribution is -2.23. The predicted octanol–water partition coefficient (Wildman–Crippen LogP) is 5.44. The second-order valence-corrected chi connectivity index (χ2v) is 9.01. The first-order chi connectivity index (χ1) is 16.8. The summed E-state index contributed by atoms with van der Waals surface area (Å²) in [5.41, 5.74) is 4.84. The number of nitrogens with one attached hydrogen (secondary N) is 2. The standard InChI is InChI=1S/C26H26N4O4S/c1-15(27-18(4)31)19-8-10-20(11-9-19)24-14-35-26(28-24)29-25(32)21-6-5-7-22(12-21)33-13-23-16(2)30-34-17(23)3/h5-12,14-15H,13H2,1-4H3,(H,27,31)(H,28,29,32). The second-order valence-electron chi connectivity index (χ2n) is 8.16. The summed E-state index contributed by atoms with van der Waals surface area (Å²) in [6.45, 7) is 7.45. The summed E-state index contributed by atoms with van der Waals surface area (Å²) in [5.74, 6) is 0.950. The van der Waals surface area contributed by atoms with E-state index in [-0.39, 0.29) is 17.9 Å². The van der Waals surface area contributed by atoms with Crippen LogP contribution in [0.1, 0.15) is 52.8 Å². The normalized spacial score (nSPS) is 11.7. The van der Waals surface area contributed by atoms with Crippen molar-refractivity contribution in [1.82, 2.24) is 15.5 Å². The molecule has 0 aliphatic rings. The Kier molecular flexibility index (Phi) is 7.26. The summed E-state index contributed by atoms with van der Waals surface area (Å²) < 4.78 is 11.0. The Morgan fingerprint density at radius 3 is 2.60 bits per heavy atom. The van der Waals surface area contributed by atoms with Crippen molar-refractivity contribution in [1.29, 1.82) is 0 Å². The van der Waals surface area contributed by atoms with Crippen LogP contribution in [-0.2, 0) is 11.4 Å². The number of benzene rings is 2. The molecule has 2 aromatic heterocycles. The number of ether oxygens (including phenoxy) is 1. The molecule has 2 aromatic carbocycles. The number of anilines is 1. The Morgan fingerprint density at radius 1 is 1.14 bits per heavy atom. The smallest absolute Gasteiger partial charge is 0.257 e. The Morgan fingerprint density at radius 2 is 1.91 bits per heavy atom. The Labute approximate surface area is 207 Å². The number of aromatic nitrogens is 2. The summed E-state index contributed by atoms with van der Waals surface area (Å²) in [5, 5.41) is 12.0. The maximum atomic E-state index is 12.8. The lowest BCUT2D eigenvalue weighted by molar-refractivity contribution is -0.119. The third-order valence-electron chi connectivity index (χ3n) is 5.51. The van der Waals surface area contributed by atoms with Gasteiger partial charge in [-0.05, 0) is 44.5 Å². The Hall–Kier alpha value is -3.98. The van der Waals surface area contributed by atoms with Crippen molar-refractivity contribution in [2.75, 3.05) is 5.32 Å². The molecule has 0 aliphatic carbocycles. The van der Waals surface area contributed by atoms with Gasteiger partial charge in [-0.3, -0.25) is 14.9 Å². The maximum Gasteiger partial charge on any atom is 0.257 e. The lowest BCUT2D eigenvalue weighted by Gasteiger charge is -2.13. The fourth-order valence-electron chi connectivity index (χ4n) is 3.55. The summed E-state index contributed by atoms with van der Waals surface area (Å²) in [4.78, 5) is 28.6. The Bertz CT molecular complexity index is 1320.